The summed E-state index contributed by atoms with van der Waals surface area (Å²) in [7, 11) is -4.65. The molecule has 11 heteroatoms. The van der Waals surface area contributed by atoms with Crippen molar-refractivity contribution in [3.8, 4) is 0 Å². The summed E-state index contributed by atoms with van der Waals surface area (Å²) in [5, 5.41) is 8.91. The van der Waals surface area contributed by atoms with E-state index in [1.165, 1.54) is 44.9 Å². The number of nitrogens with two attached hydrogens (primary N) is 1. The Balaban J connectivity index is 4.37. The van der Waals surface area contributed by atoms with Gasteiger partial charge in [0.25, 0.3) is 0 Å². The van der Waals surface area contributed by atoms with E-state index in [0.29, 0.717) is 19.4 Å². The number of carboxylic acid groups (broad SMARTS) is 1. The molecule has 0 radical (unpaired) electrons. The minimum atomic E-state index is -4.65. The maximum Gasteiger partial charge on any atom is 0.472 e. The van der Waals surface area contributed by atoms with E-state index >= 15 is 0 Å². The Labute approximate surface area is 376 Å². The van der Waals surface area contributed by atoms with E-state index in [0.717, 1.165) is 83.5 Å². The van der Waals surface area contributed by atoms with Gasteiger partial charge in [-0.25, -0.2) is 4.57 Å². The van der Waals surface area contributed by atoms with Crippen molar-refractivity contribution >= 4 is 19.8 Å². The van der Waals surface area contributed by atoms with Crippen LogP contribution in [0.1, 0.15) is 162 Å². The molecule has 62 heavy (non-hydrogen) atoms. The summed E-state index contributed by atoms with van der Waals surface area (Å²) in [6.45, 7) is 3.63. The van der Waals surface area contributed by atoms with Gasteiger partial charge in [0.15, 0.2) is 0 Å². The van der Waals surface area contributed by atoms with Crippen molar-refractivity contribution in [2.45, 2.75) is 174 Å². The van der Waals surface area contributed by atoms with Gasteiger partial charge < -0.3 is 25.2 Å². The number of esters is 1. The van der Waals surface area contributed by atoms with Gasteiger partial charge in [-0.2, -0.15) is 0 Å². The molecule has 0 aliphatic rings. The van der Waals surface area contributed by atoms with Crippen LogP contribution in [0.15, 0.2) is 109 Å². The van der Waals surface area contributed by atoms with Gasteiger partial charge in [-0.05, 0) is 96.3 Å². The molecule has 0 aromatic carbocycles. The number of carboxylic acids is 1. The number of carbonyl (C=O) groups excluding carboxylic acids is 1. The van der Waals surface area contributed by atoms with Crippen LogP contribution < -0.4 is 5.73 Å². The number of carbonyl (C=O) groups is 2. The maximum absolute atomic E-state index is 12.6. The Hall–Kier alpha value is -3.37. The molecule has 0 rings (SSSR count). The summed E-state index contributed by atoms with van der Waals surface area (Å²) in [4.78, 5) is 33.6. The summed E-state index contributed by atoms with van der Waals surface area (Å²) in [6.07, 6.45) is 61.5. The number of rotatable bonds is 43. The number of allylic oxidation sites excluding steroid dienone is 18. The van der Waals surface area contributed by atoms with Crippen LogP contribution in [0.4, 0.5) is 0 Å². The molecule has 0 amide bonds. The summed E-state index contributed by atoms with van der Waals surface area (Å²) in [6, 6.07) is -1.49. The number of unbranched alkanes of at least 4 members (excludes halogenated alkanes) is 11. The highest BCUT2D eigenvalue weighted by Crippen LogP contribution is 2.43. The number of ether oxygens (including phenoxy) is 2. The highest BCUT2D eigenvalue weighted by atomic mass is 31.2. The van der Waals surface area contributed by atoms with Crippen molar-refractivity contribution in [3.05, 3.63) is 109 Å². The topological polar surface area (TPSA) is 155 Å². The summed E-state index contributed by atoms with van der Waals surface area (Å²) < 4.78 is 33.3. The average Bonchev–Trinajstić information content (AvgIpc) is 3.25. The van der Waals surface area contributed by atoms with Crippen LogP contribution in [0.2, 0.25) is 0 Å². The summed E-state index contributed by atoms with van der Waals surface area (Å²) in [5.41, 5.74) is 5.36. The standard InChI is InChI=1S/C51H84NO9P/c1-3-5-7-9-11-13-15-17-19-21-22-23-24-25-26-27-29-31-33-35-37-39-41-43-50(53)61-48(46-59-62(56,57)60-47-49(52)51(54)55)45-58-44-42-40-38-36-34-32-30-28-20-18-16-14-12-10-8-6-4-2/h5,7,11,13-14,16-17,19-20,22-23,25-26,28-29,31,35,37,48-49H,3-4,6,8-10,12,15,18,21,24,27,30,32-34,36,38-47,52H2,1-2H3,(H,54,55)(H,56,57)/b7-5-,13-11-,16-14-,19-17-,23-22-,26-25-,28-20-,31-29-,37-35-. The summed E-state index contributed by atoms with van der Waals surface area (Å²) >= 11 is 0. The minimum absolute atomic E-state index is 0.0212. The quantitative estimate of drug-likeness (QED) is 0.0233. The molecule has 0 saturated carbocycles. The number of hydrogen-bond donors (Lipinski definition) is 3. The van der Waals surface area contributed by atoms with Gasteiger partial charge in [0.1, 0.15) is 12.1 Å². The lowest BCUT2D eigenvalue weighted by Gasteiger charge is -2.20. The molecule has 4 N–H and O–H groups in total. The number of aliphatic carboxylic acids is 1. The number of hydrogen-bond acceptors (Lipinski definition) is 8. The SMILES string of the molecule is CC/C=C\C/C=C\C/C=C\C/C=C\C/C=C\C/C=C\C/C=C\CCCC(=O)OC(COCCCCCCCC/C=C\C/C=C\CCCCCC)COP(=O)(O)OCC(N)C(=O)O. The van der Waals surface area contributed by atoms with Gasteiger partial charge in [0.05, 0.1) is 19.8 Å². The first kappa shape index (κ1) is 58.6. The van der Waals surface area contributed by atoms with E-state index in [9.17, 15) is 19.0 Å². The lowest BCUT2D eigenvalue weighted by molar-refractivity contribution is -0.154. The predicted octanol–water partition coefficient (Wildman–Crippen LogP) is 13.5. The zero-order valence-corrected chi connectivity index (χ0v) is 39.3. The average molecular weight is 886 g/mol. The third kappa shape index (κ3) is 44.7. The van der Waals surface area contributed by atoms with Crippen molar-refractivity contribution in [2.75, 3.05) is 26.4 Å². The fourth-order valence-corrected chi connectivity index (χ4v) is 6.46. The second-order valence-electron chi connectivity index (χ2n) is 15.1. The first-order valence-corrected chi connectivity index (χ1v) is 24.9. The van der Waals surface area contributed by atoms with Crippen LogP contribution in [0.3, 0.4) is 0 Å². The van der Waals surface area contributed by atoms with E-state index in [2.05, 4.69) is 117 Å². The first-order chi connectivity index (χ1) is 30.2. The molecule has 10 nitrogen and oxygen atoms in total. The molecule has 3 unspecified atom stereocenters. The molecule has 3 atom stereocenters. The van der Waals surface area contributed by atoms with Gasteiger partial charge >= 0.3 is 19.8 Å². The van der Waals surface area contributed by atoms with Gasteiger partial charge in [-0.1, -0.05) is 168 Å². The normalized spacial score (nSPS) is 14.8. The molecule has 0 heterocycles. The van der Waals surface area contributed by atoms with E-state index < -0.39 is 45.1 Å². The fourth-order valence-electron chi connectivity index (χ4n) is 5.68. The number of phosphoric ester groups is 1. The lowest BCUT2D eigenvalue weighted by atomic mass is 10.1. The molecule has 352 valence electrons. The fraction of sp³-hybridized carbons (Fsp3) is 0.608. The van der Waals surface area contributed by atoms with Crippen LogP contribution in [-0.4, -0.2) is 60.5 Å². The van der Waals surface area contributed by atoms with E-state index in [1.54, 1.807) is 0 Å². The second kappa shape index (κ2) is 45.6. The van der Waals surface area contributed by atoms with Crippen molar-refractivity contribution in [1.82, 2.24) is 0 Å². The molecule has 0 aliphatic carbocycles. The molecule has 0 aliphatic heterocycles. The van der Waals surface area contributed by atoms with Crippen molar-refractivity contribution in [1.29, 1.82) is 0 Å². The van der Waals surface area contributed by atoms with E-state index in [-0.39, 0.29) is 13.0 Å². The molecule has 0 bridgehead atoms. The summed E-state index contributed by atoms with van der Waals surface area (Å²) in [5.74, 6) is -1.86. The third-order valence-corrected chi connectivity index (χ3v) is 10.2. The molecule has 0 spiro atoms. The van der Waals surface area contributed by atoms with Gasteiger partial charge in [-0.3, -0.25) is 18.6 Å². The minimum Gasteiger partial charge on any atom is -0.480 e. The molecule has 0 aromatic rings. The van der Waals surface area contributed by atoms with E-state index in [4.69, 9.17) is 29.4 Å². The Bertz CT molecular complexity index is 1400. The van der Waals surface area contributed by atoms with Crippen molar-refractivity contribution in [2.24, 2.45) is 5.73 Å². The Morgan fingerprint density at radius 3 is 1.40 bits per heavy atom. The smallest absolute Gasteiger partial charge is 0.472 e. The first-order valence-electron chi connectivity index (χ1n) is 23.4. The Morgan fingerprint density at radius 2 is 0.935 bits per heavy atom. The maximum atomic E-state index is 12.6. The van der Waals surface area contributed by atoms with Crippen LogP contribution in [0.25, 0.3) is 0 Å². The largest absolute Gasteiger partial charge is 0.480 e. The lowest BCUT2D eigenvalue weighted by Crippen LogP contribution is -2.34. The van der Waals surface area contributed by atoms with Crippen LogP contribution in [-0.2, 0) is 32.7 Å². The number of phosphoric acid groups is 1. The van der Waals surface area contributed by atoms with Crippen molar-refractivity contribution in [3.63, 3.8) is 0 Å². The van der Waals surface area contributed by atoms with Gasteiger partial charge in [-0.15, -0.1) is 0 Å². The van der Waals surface area contributed by atoms with E-state index in [1.807, 2.05) is 6.08 Å². The predicted molar refractivity (Wildman–Crippen MR) is 258 cm³/mol. The van der Waals surface area contributed by atoms with Crippen LogP contribution >= 0.6 is 7.82 Å². The monoisotopic (exact) mass is 886 g/mol. The third-order valence-electron chi connectivity index (χ3n) is 9.29. The van der Waals surface area contributed by atoms with Crippen molar-refractivity contribution < 1.29 is 42.7 Å². The van der Waals surface area contributed by atoms with Crippen LogP contribution in [0, 0.1) is 0 Å². The highest BCUT2D eigenvalue weighted by molar-refractivity contribution is 7.47. The molecule has 0 saturated heterocycles. The zero-order chi connectivity index (χ0) is 45.5. The second-order valence-corrected chi connectivity index (χ2v) is 16.6. The molecular weight excluding hydrogens is 802 g/mol. The zero-order valence-electron chi connectivity index (χ0n) is 38.4. The van der Waals surface area contributed by atoms with Gasteiger partial charge in [0, 0.05) is 13.0 Å². The Morgan fingerprint density at radius 1 is 0.532 bits per heavy atom. The highest BCUT2D eigenvalue weighted by Gasteiger charge is 2.27. The van der Waals surface area contributed by atoms with Crippen LogP contribution in [0.5, 0.6) is 0 Å². The molecule has 0 fully saturated rings. The molecular formula is C51H84NO9P. The Kier molecular flexibility index (Phi) is 43.2. The van der Waals surface area contributed by atoms with Gasteiger partial charge in [0.2, 0.25) is 0 Å². The molecule has 0 aromatic heterocycles.